The number of nitrogens with zero attached hydrogens (tertiary/aromatic N) is 8. The van der Waals surface area contributed by atoms with E-state index >= 15 is 0 Å². The number of aromatic nitrogens is 6. The number of hydrogen-bond donors (Lipinski definition) is 3. The van der Waals surface area contributed by atoms with E-state index in [-0.39, 0.29) is 18.1 Å². The van der Waals surface area contributed by atoms with Crippen LogP contribution in [0.1, 0.15) is 44.1 Å². The van der Waals surface area contributed by atoms with E-state index in [2.05, 4.69) is 56.4 Å². The summed E-state index contributed by atoms with van der Waals surface area (Å²) in [4.78, 5) is 31.7. The fourth-order valence-electron chi connectivity index (χ4n) is 7.87. The molecule has 0 aliphatic carbocycles. The predicted octanol–water partition coefficient (Wildman–Crippen LogP) is 8.46. The molecule has 2 fully saturated rings. The first-order chi connectivity index (χ1) is 30.3. The van der Waals surface area contributed by atoms with Gasteiger partial charge in [-0.15, -0.1) is 0 Å². The third-order valence-corrected chi connectivity index (χ3v) is 12.8. The predicted molar refractivity (Wildman–Crippen MR) is 245 cm³/mol. The van der Waals surface area contributed by atoms with E-state index in [1.54, 1.807) is 42.9 Å². The Morgan fingerprint density at radius 3 is 1.61 bits per heavy atom. The van der Waals surface area contributed by atoms with Gasteiger partial charge in [0.25, 0.3) is 10.1 Å². The second-order valence-electron chi connectivity index (χ2n) is 15.8. The van der Waals surface area contributed by atoms with Gasteiger partial charge >= 0.3 is 0 Å². The Kier molecular flexibility index (Phi) is 13.7. The monoisotopic (exact) mass is 852 g/mol. The van der Waals surface area contributed by atoms with E-state index in [1.165, 1.54) is 0 Å². The topological polar surface area (TPSA) is 171 Å². The van der Waals surface area contributed by atoms with Gasteiger partial charge in [0.05, 0.1) is 33.6 Å². The van der Waals surface area contributed by atoms with Crippen LogP contribution in [0.15, 0.2) is 127 Å². The van der Waals surface area contributed by atoms with Crippen molar-refractivity contribution in [3.8, 4) is 0 Å². The molecular formula is C47H52N10O4S. The van der Waals surface area contributed by atoms with E-state index in [9.17, 15) is 8.42 Å². The molecule has 0 spiro atoms. The van der Waals surface area contributed by atoms with Crippen molar-refractivity contribution in [3.63, 3.8) is 0 Å². The number of fused-ring (bicyclic) bond motifs is 2. The van der Waals surface area contributed by atoms with Crippen LogP contribution < -0.4 is 20.4 Å². The number of piperidine rings is 2. The van der Waals surface area contributed by atoms with Crippen molar-refractivity contribution in [2.24, 2.45) is 11.8 Å². The lowest BCUT2D eigenvalue weighted by molar-refractivity contribution is 0.240. The number of anilines is 6. The number of aliphatic hydroxyl groups is 1. The Hall–Kier alpha value is -6.29. The van der Waals surface area contributed by atoms with Gasteiger partial charge in [0.1, 0.15) is 23.3 Å². The Morgan fingerprint density at radius 1 is 0.613 bits per heavy atom. The number of benzene rings is 1. The fraction of sp³-hybridized carbons (Fsp3) is 0.319. The zero-order valence-corrected chi connectivity index (χ0v) is 35.7. The number of pyridine rings is 6. The maximum absolute atomic E-state index is 12.4. The first-order valence-corrected chi connectivity index (χ1v) is 22.7. The average molecular weight is 853 g/mol. The molecule has 62 heavy (non-hydrogen) atoms. The first-order valence-electron chi connectivity index (χ1n) is 21.2. The van der Waals surface area contributed by atoms with Gasteiger partial charge < -0.3 is 25.5 Å². The van der Waals surface area contributed by atoms with Crippen molar-refractivity contribution < 1.29 is 17.7 Å². The standard InChI is InChI=1S/C27H29N5O3S.C20H23N5O/c1-20-4-6-23(7-5-20)36(33,34)35-18-13-21-11-16-32(17-12-21)27-19-22(10-15-29-27)30-26-9-8-24-25(31-26)3-2-14-28-24;26-13-8-15-6-11-25(12-7-15)20-14-16(5-10-22-20)23-19-4-3-17-18(24-19)2-1-9-21-17/h2-10,14-15,19,21H,11-13,16-18H2,1H3,(H,29,30,31);1-5,9-10,14-15,26H,6-8,11-13H2,(H,22,23,24). The molecule has 15 heteroatoms. The SMILES string of the molecule is Cc1ccc(S(=O)(=O)OCCC2CCN(c3cc(Nc4ccc5ncccc5n4)ccn3)CC2)cc1.OCCC1CCN(c2cc(Nc3ccc4ncccc4n3)ccn2)CC1. The third kappa shape index (κ3) is 11.1. The molecule has 14 nitrogen and oxygen atoms in total. The summed E-state index contributed by atoms with van der Waals surface area (Å²) < 4.78 is 30.1. The lowest BCUT2D eigenvalue weighted by Gasteiger charge is -2.33. The molecule has 2 aliphatic heterocycles. The number of nitrogens with one attached hydrogen (secondary N) is 2. The quantitative estimate of drug-likeness (QED) is 0.0944. The lowest BCUT2D eigenvalue weighted by atomic mass is 9.94. The van der Waals surface area contributed by atoms with E-state index in [0.29, 0.717) is 11.8 Å². The van der Waals surface area contributed by atoms with Gasteiger partial charge in [0.15, 0.2) is 0 Å². The van der Waals surface area contributed by atoms with Crippen molar-refractivity contribution in [3.05, 3.63) is 127 Å². The minimum Gasteiger partial charge on any atom is -0.396 e. The molecule has 0 radical (unpaired) electrons. The third-order valence-electron chi connectivity index (χ3n) is 11.4. The normalized spacial score (nSPS) is 15.0. The van der Waals surface area contributed by atoms with Gasteiger partial charge in [0.2, 0.25) is 0 Å². The Labute approximate surface area is 362 Å². The Balaban J connectivity index is 0.000000180. The van der Waals surface area contributed by atoms with Crippen LogP contribution in [0.4, 0.5) is 34.6 Å². The van der Waals surface area contributed by atoms with Crippen molar-refractivity contribution in [2.45, 2.75) is 50.3 Å². The summed E-state index contributed by atoms with van der Waals surface area (Å²) in [5.41, 5.74) is 6.38. The molecule has 0 amide bonds. The zero-order valence-electron chi connectivity index (χ0n) is 34.8. The van der Waals surface area contributed by atoms with Crippen LogP contribution in [0.5, 0.6) is 0 Å². The van der Waals surface area contributed by atoms with Crippen LogP contribution in [0.25, 0.3) is 22.1 Å². The van der Waals surface area contributed by atoms with E-state index in [0.717, 1.165) is 127 Å². The molecule has 0 bridgehead atoms. The van der Waals surface area contributed by atoms with Crippen molar-refractivity contribution in [1.29, 1.82) is 0 Å². The highest BCUT2D eigenvalue weighted by atomic mass is 32.2. The smallest absolute Gasteiger partial charge is 0.296 e. The fourth-order valence-corrected chi connectivity index (χ4v) is 8.79. The molecule has 0 atom stereocenters. The highest BCUT2D eigenvalue weighted by Crippen LogP contribution is 2.29. The number of rotatable bonds is 13. The van der Waals surface area contributed by atoms with Gasteiger partial charge in [-0.2, -0.15) is 8.42 Å². The van der Waals surface area contributed by atoms with Crippen LogP contribution in [0.2, 0.25) is 0 Å². The van der Waals surface area contributed by atoms with Crippen molar-refractivity contribution >= 4 is 66.8 Å². The van der Waals surface area contributed by atoms with E-state index in [4.69, 9.17) is 9.29 Å². The second-order valence-corrected chi connectivity index (χ2v) is 17.4. The largest absolute Gasteiger partial charge is 0.396 e. The van der Waals surface area contributed by atoms with E-state index in [1.807, 2.05) is 79.9 Å². The minimum atomic E-state index is -3.71. The maximum Gasteiger partial charge on any atom is 0.296 e. The van der Waals surface area contributed by atoms with Gasteiger partial charge in [-0.1, -0.05) is 17.7 Å². The summed E-state index contributed by atoms with van der Waals surface area (Å²) in [6, 6.07) is 30.2. The molecular weight excluding hydrogens is 801 g/mol. The highest BCUT2D eigenvalue weighted by molar-refractivity contribution is 7.86. The highest BCUT2D eigenvalue weighted by Gasteiger charge is 2.23. The zero-order chi connectivity index (χ0) is 42.7. The number of aliphatic hydroxyl groups excluding tert-OH is 1. The molecule has 320 valence electrons. The first kappa shape index (κ1) is 42.4. The molecule has 7 aromatic rings. The summed E-state index contributed by atoms with van der Waals surface area (Å²) in [5.74, 6) is 4.51. The van der Waals surface area contributed by atoms with Gasteiger partial charge in [-0.3, -0.25) is 14.2 Å². The molecule has 3 N–H and O–H groups in total. The molecule has 8 heterocycles. The molecule has 2 aliphatic rings. The molecule has 6 aromatic heterocycles. The van der Waals surface area contributed by atoms with Crippen LogP contribution in [-0.2, 0) is 14.3 Å². The van der Waals surface area contributed by atoms with Gasteiger partial charge in [0, 0.05) is 81.1 Å². The summed E-state index contributed by atoms with van der Waals surface area (Å²) in [7, 11) is -3.71. The van der Waals surface area contributed by atoms with Crippen LogP contribution in [0.3, 0.4) is 0 Å². The second kappa shape index (κ2) is 20.1. The minimum absolute atomic E-state index is 0.201. The summed E-state index contributed by atoms with van der Waals surface area (Å²) in [6.45, 7) is 6.12. The van der Waals surface area contributed by atoms with Gasteiger partial charge in [-0.25, -0.2) is 19.9 Å². The molecule has 9 rings (SSSR count). The Morgan fingerprint density at radius 2 is 1.11 bits per heavy atom. The Bertz CT molecular complexity index is 2670. The molecule has 2 saturated heterocycles. The maximum atomic E-state index is 12.4. The molecule has 0 unspecified atom stereocenters. The van der Waals surface area contributed by atoms with Crippen molar-refractivity contribution in [1.82, 2.24) is 29.9 Å². The van der Waals surface area contributed by atoms with Crippen molar-refractivity contribution in [2.75, 3.05) is 59.8 Å². The summed E-state index contributed by atoms with van der Waals surface area (Å²) >= 11 is 0. The summed E-state index contributed by atoms with van der Waals surface area (Å²) in [6.07, 6.45) is 12.9. The van der Waals surface area contributed by atoms with Crippen LogP contribution in [0, 0.1) is 18.8 Å². The molecule has 1 aromatic carbocycles. The number of hydrogen-bond acceptors (Lipinski definition) is 14. The summed E-state index contributed by atoms with van der Waals surface area (Å²) in [5, 5.41) is 15.8. The number of aryl methyl sites for hydroxylation is 1. The van der Waals surface area contributed by atoms with Gasteiger partial charge in [-0.05, 0) is 130 Å². The lowest BCUT2D eigenvalue weighted by Crippen LogP contribution is -2.34. The van der Waals surface area contributed by atoms with E-state index < -0.39 is 10.1 Å². The molecule has 0 saturated carbocycles. The van der Waals surface area contributed by atoms with Crippen LogP contribution in [-0.4, -0.2) is 82.8 Å². The average Bonchev–Trinajstić information content (AvgIpc) is 3.30. The van der Waals surface area contributed by atoms with Crippen LogP contribution >= 0.6 is 0 Å².